The summed E-state index contributed by atoms with van der Waals surface area (Å²) in [5, 5.41) is 3.14. The highest BCUT2D eigenvalue weighted by molar-refractivity contribution is 5.88. The highest BCUT2D eigenvalue weighted by Crippen LogP contribution is 2.47. The number of carbonyl (C=O) groups is 1. The highest BCUT2D eigenvalue weighted by Gasteiger charge is 2.41. The first-order chi connectivity index (χ1) is 12.7. The zero-order chi connectivity index (χ0) is 17.8. The zero-order valence-corrected chi connectivity index (χ0v) is 14.7. The number of anilines is 2. The summed E-state index contributed by atoms with van der Waals surface area (Å²) in [6.45, 7) is 1.08. The molecule has 26 heavy (non-hydrogen) atoms. The largest absolute Gasteiger partial charge is 0.458 e. The van der Waals surface area contributed by atoms with Crippen molar-refractivity contribution in [3.8, 4) is 0 Å². The average Bonchev–Trinajstić information content (AvgIpc) is 2.66. The summed E-state index contributed by atoms with van der Waals surface area (Å²) >= 11 is 0. The van der Waals surface area contributed by atoms with E-state index in [2.05, 4.69) is 15.3 Å². The van der Waals surface area contributed by atoms with E-state index in [4.69, 9.17) is 9.47 Å². The van der Waals surface area contributed by atoms with Gasteiger partial charge in [0.15, 0.2) is 5.69 Å². The van der Waals surface area contributed by atoms with E-state index in [1.54, 1.807) is 6.07 Å². The summed E-state index contributed by atoms with van der Waals surface area (Å²) in [5.74, 6) is 0.107. The fraction of sp³-hybridized carbons (Fsp3) is 0.450. The van der Waals surface area contributed by atoms with Gasteiger partial charge in [-0.05, 0) is 43.2 Å². The Kier molecular flexibility index (Phi) is 4.84. The van der Waals surface area contributed by atoms with Crippen LogP contribution in [0.25, 0.3) is 0 Å². The van der Waals surface area contributed by atoms with Crippen LogP contribution in [0.1, 0.15) is 42.6 Å². The molecule has 6 nitrogen and oxygen atoms in total. The van der Waals surface area contributed by atoms with E-state index in [0.29, 0.717) is 11.2 Å². The maximum atomic E-state index is 12.3. The predicted molar refractivity (Wildman–Crippen MR) is 97.3 cm³/mol. The molecule has 2 fully saturated rings. The molecule has 1 N–H and O–H groups in total. The molecule has 1 aromatic heterocycles. The van der Waals surface area contributed by atoms with Crippen LogP contribution in [-0.4, -0.2) is 35.3 Å². The molecule has 0 bridgehead atoms. The third-order valence-corrected chi connectivity index (χ3v) is 5.36. The van der Waals surface area contributed by atoms with E-state index < -0.39 is 5.97 Å². The van der Waals surface area contributed by atoms with Gasteiger partial charge in [-0.25, -0.2) is 14.8 Å². The van der Waals surface area contributed by atoms with Gasteiger partial charge in [-0.1, -0.05) is 24.6 Å². The van der Waals surface area contributed by atoms with Gasteiger partial charge >= 0.3 is 5.97 Å². The van der Waals surface area contributed by atoms with Crippen LogP contribution in [0.4, 0.5) is 11.5 Å². The summed E-state index contributed by atoms with van der Waals surface area (Å²) in [7, 11) is 0. The topological polar surface area (TPSA) is 73.3 Å². The minimum atomic E-state index is -0.448. The predicted octanol–water partition coefficient (Wildman–Crippen LogP) is 3.73. The van der Waals surface area contributed by atoms with Gasteiger partial charge in [0, 0.05) is 11.8 Å². The minimum Gasteiger partial charge on any atom is -0.458 e. The van der Waals surface area contributed by atoms with Crippen molar-refractivity contribution in [2.45, 2.75) is 38.2 Å². The Morgan fingerprint density at radius 1 is 1.23 bits per heavy atom. The Balaban J connectivity index is 1.30. The summed E-state index contributed by atoms with van der Waals surface area (Å²) < 4.78 is 11.3. The molecule has 6 heteroatoms. The van der Waals surface area contributed by atoms with E-state index in [0.717, 1.165) is 18.7 Å². The number of benzene rings is 1. The number of carbonyl (C=O) groups excluding carboxylic acids is 1. The molecule has 2 aliphatic rings. The van der Waals surface area contributed by atoms with Gasteiger partial charge in [0.1, 0.15) is 18.8 Å². The first-order valence-corrected chi connectivity index (χ1v) is 9.15. The number of nitrogens with one attached hydrogen (secondary N) is 1. The molecule has 1 spiro atoms. The lowest BCUT2D eigenvalue weighted by Crippen LogP contribution is -2.42. The second-order valence-electron chi connectivity index (χ2n) is 7.20. The van der Waals surface area contributed by atoms with Crippen LogP contribution in [-0.2, 0) is 9.47 Å². The van der Waals surface area contributed by atoms with Gasteiger partial charge in [-0.3, -0.25) is 0 Å². The first-order valence-electron chi connectivity index (χ1n) is 9.15. The first kappa shape index (κ1) is 17.0. The summed E-state index contributed by atoms with van der Waals surface area (Å²) in [6.07, 6.45) is 7.35. The molecule has 2 aromatic rings. The normalized spacial score (nSPS) is 21.0. The van der Waals surface area contributed by atoms with Gasteiger partial charge in [0.05, 0.1) is 12.7 Å². The van der Waals surface area contributed by atoms with E-state index in [1.807, 2.05) is 30.3 Å². The molecule has 1 unspecified atom stereocenters. The number of hydrogen-bond acceptors (Lipinski definition) is 6. The molecule has 136 valence electrons. The third kappa shape index (κ3) is 3.85. The number of para-hydroxylation sites is 1. The highest BCUT2D eigenvalue weighted by atomic mass is 16.6. The number of nitrogens with zero attached hydrogens (tertiary/aromatic N) is 2. The summed E-state index contributed by atoms with van der Waals surface area (Å²) in [5.41, 5.74) is 1.56. The van der Waals surface area contributed by atoms with Gasteiger partial charge < -0.3 is 14.8 Å². The smallest absolute Gasteiger partial charge is 0.357 e. The Hall–Kier alpha value is -2.47. The molecule has 1 aliphatic carbocycles. The Labute approximate surface area is 153 Å². The van der Waals surface area contributed by atoms with Crippen LogP contribution in [0, 0.1) is 5.41 Å². The Bertz CT molecular complexity index is 752. The molecule has 1 atom stereocenters. The fourth-order valence-electron chi connectivity index (χ4n) is 3.57. The molecule has 1 saturated heterocycles. The van der Waals surface area contributed by atoms with Gasteiger partial charge in [-0.2, -0.15) is 0 Å². The maximum Gasteiger partial charge on any atom is 0.357 e. The van der Waals surface area contributed by atoms with Crippen molar-refractivity contribution < 1.29 is 14.3 Å². The van der Waals surface area contributed by atoms with Crippen molar-refractivity contribution in [3.05, 3.63) is 48.4 Å². The minimum absolute atomic E-state index is 0.00562. The standard InChI is InChI=1S/C20H23N3O3/c24-19(25-12-16-7-10-20(13-26-16)8-4-9-20)17-11-18(22-14-21-17)23-15-5-2-1-3-6-15/h1-3,5-6,11,14,16H,4,7-10,12-13H2,(H,21,22,23). The van der Waals surface area contributed by atoms with Crippen molar-refractivity contribution in [2.75, 3.05) is 18.5 Å². The second-order valence-corrected chi connectivity index (χ2v) is 7.20. The van der Waals surface area contributed by atoms with Gasteiger partial charge in [0.25, 0.3) is 0 Å². The van der Waals surface area contributed by atoms with Crippen LogP contribution >= 0.6 is 0 Å². The van der Waals surface area contributed by atoms with Crippen LogP contribution < -0.4 is 5.32 Å². The Morgan fingerprint density at radius 2 is 2.08 bits per heavy atom. The lowest BCUT2D eigenvalue weighted by atomic mass is 9.65. The van der Waals surface area contributed by atoms with E-state index in [1.165, 1.54) is 32.0 Å². The molecule has 0 radical (unpaired) electrons. The number of aromatic nitrogens is 2. The molecule has 2 heterocycles. The average molecular weight is 353 g/mol. The molecule has 1 saturated carbocycles. The molecular formula is C20H23N3O3. The SMILES string of the molecule is O=C(OCC1CCC2(CCC2)CO1)c1cc(Nc2ccccc2)ncn1. The Morgan fingerprint density at radius 3 is 2.77 bits per heavy atom. The summed E-state index contributed by atoms with van der Waals surface area (Å²) in [4.78, 5) is 20.5. The number of hydrogen-bond donors (Lipinski definition) is 1. The van der Waals surface area contributed by atoms with E-state index in [-0.39, 0.29) is 18.4 Å². The molecular weight excluding hydrogens is 330 g/mol. The monoisotopic (exact) mass is 353 g/mol. The second kappa shape index (κ2) is 7.41. The van der Waals surface area contributed by atoms with E-state index in [9.17, 15) is 4.79 Å². The van der Waals surface area contributed by atoms with Crippen LogP contribution in [0.2, 0.25) is 0 Å². The lowest BCUT2D eigenvalue weighted by molar-refractivity contribution is -0.112. The van der Waals surface area contributed by atoms with Crippen molar-refractivity contribution in [1.29, 1.82) is 0 Å². The van der Waals surface area contributed by atoms with Crippen molar-refractivity contribution >= 4 is 17.5 Å². The van der Waals surface area contributed by atoms with Crippen LogP contribution in [0.15, 0.2) is 42.7 Å². The molecule has 1 aliphatic heterocycles. The van der Waals surface area contributed by atoms with Crippen LogP contribution in [0.5, 0.6) is 0 Å². The summed E-state index contributed by atoms with van der Waals surface area (Å²) in [6, 6.07) is 11.2. The quantitative estimate of drug-likeness (QED) is 0.826. The number of rotatable bonds is 5. The third-order valence-electron chi connectivity index (χ3n) is 5.36. The van der Waals surface area contributed by atoms with Crippen molar-refractivity contribution in [2.24, 2.45) is 5.41 Å². The van der Waals surface area contributed by atoms with E-state index >= 15 is 0 Å². The van der Waals surface area contributed by atoms with Crippen LogP contribution in [0.3, 0.4) is 0 Å². The number of esters is 1. The number of ether oxygens (including phenoxy) is 2. The van der Waals surface area contributed by atoms with Crippen molar-refractivity contribution in [1.82, 2.24) is 9.97 Å². The maximum absolute atomic E-state index is 12.3. The zero-order valence-electron chi connectivity index (χ0n) is 14.7. The molecule has 1 aromatic carbocycles. The van der Waals surface area contributed by atoms with Crippen molar-refractivity contribution in [3.63, 3.8) is 0 Å². The lowest BCUT2D eigenvalue weighted by Gasteiger charge is -2.46. The van der Waals surface area contributed by atoms with Gasteiger partial charge in [0.2, 0.25) is 0 Å². The fourth-order valence-corrected chi connectivity index (χ4v) is 3.57. The molecule has 4 rings (SSSR count). The molecule has 0 amide bonds. The van der Waals surface area contributed by atoms with Gasteiger partial charge in [-0.15, -0.1) is 0 Å².